The highest BCUT2D eigenvalue weighted by Gasteiger charge is 2.41. The molecule has 0 radical (unpaired) electrons. The molecule has 0 aromatic rings. The van der Waals surface area contributed by atoms with Crippen LogP contribution in [-0.2, 0) is 4.74 Å². The third kappa shape index (κ3) is 4.23. The third-order valence-corrected chi connectivity index (χ3v) is 6.37. The number of morpholine rings is 1. The van der Waals surface area contributed by atoms with Gasteiger partial charge in [-0.25, -0.2) is 0 Å². The van der Waals surface area contributed by atoms with E-state index >= 15 is 0 Å². The van der Waals surface area contributed by atoms with E-state index < -0.39 is 0 Å². The molecule has 0 spiro atoms. The summed E-state index contributed by atoms with van der Waals surface area (Å²) in [7, 11) is 1.95. The first-order chi connectivity index (χ1) is 11.8. The Kier molecular flexibility index (Phi) is 5.28. The zero-order valence-corrected chi connectivity index (χ0v) is 15.3. The van der Waals surface area contributed by atoms with Gasteiger partial charge in [-0.15, -0.1) is 0 Å². The fourth-order valence-electron chi connectivity index (χ4n) is 4.63. The Bertz CT molecular complexity index is 429. The topological polar surface area (TPSA) is 40.1 Å². The van der Waals surface area contributed by atoms with Crippen LogP contribution >= 0.6 is 0 Å². The first-order valence-electron chi connectivity index (χ1n) is 10.1. The summed E-state index contributed by atoms with van der Waals surface area (Å²) in [6.07, 6.45) is 7.16. The van der Waals surface area contributed by atoms with Crippen molar-refractivity contribution in [1.82, 2.24) is 15.1 Å². The smallest absolute Gasteiger partial charge is 0.193 e. The molecule has 2 aliphatic heterocycles. The predicted molar refractivity (Wildman–Crippen MR) is 97.2 cm³/mol. The van der Waals surface area contributed by atoms with Crippen LogP contribution < -0.4 is 5.32 Å². The maximum absolute atomic E-state index is 5.46. The van der Waals surface area contributed by atoms with Gasteiger partial charge in [0.2, 0.25) is 0 Å². The molecule has 2 aliphatic carbocycles. The van der Waals surface area contributed by atoms with E-state index in [0.717, 1.165) is 75.6 Å². The van der Waals surface area contributed by atoms with Crippen LogP contribution in [0.25, 0.3) is 0 Å². The summed E-state index contributed by atoms with van der Waals surface area (Å²) in [6.45, 7) is 8.71. The van der Waals surface area contributed by atoms with Gasteiger partial charge in [0, 0.05) is 46.3 Å². The minimum atomic E-state index is 0.782. The Balaban J connectivity index is 1.23. The fourth-order valence-corrected chi connectivity index (χ4v) is 4.63. The Labute approximate surface area is 146 Å². The summed E-state index contributed by atoms with van der Waals surface area (Å²) in [5.74, 6) is 4.86. The van der Waals surface area contributed by atoms with Crippen LogP contribution in [0, 0.1) is 23.7 Å². The van der Waals surface area contributed by atoms with Gasteiger partial charge in [-0.3, -0.25) is 9.89 Å². The van der Waals surface area contributed by atoms with Crippen molar-refractivity contribution in [3.8, 4) is 0 Å². The summed E-state index contributed by atoms with van der Waals surface area (Å²) in [6, 6.07) is 0. The Morgan fingerprint density at radius 2 is 1.79 bits per heavy atom. The van der Waals surface area contributed by atoms with E-state index in [-0.39, 0.29) is 0 Å². The van der Waals surface area contributed by atoms with E-state index in [9.17, 15) is 0 Å². The van der Waals surface area contributed by atoms with Crippen LogP contribution in [0.1, 0.15) is 32.1 Å². The zero-order valence-electron chi connectivity index (χ0n) is 15.3. The molecule has 2 heterocycles. The molecule has 0 amide bonds. The van der Waals surface area contributed by atoms with Gasteiger partial charge in [-0.05, 0) is 55.8 Å². The predicted octanol–water partition coefficient (Wildman–Crippen LogP) is 1.65. The van der Waals surface area contributed by atoms with Crippen molar-refractivity contribution in [2.75, 3.05) is 59.5 Å². The number of likely N-dealkylation sites (tertiary alicyclic amines) is 1. The molecule has 1 atom stereocenters. The first-order valence-corrected chi connectivity index (χ1v) is 10.1. The van der Waals surface area contributed by atoms with Crippen molar-refractivity contribution in [2.45, 2.75) is 32.1 Å². The molecule has 4 rings (SSSR count). The number of nitrogens with zero attached hydrogens (tertiary/aromatic N) is 3. The normalized spacial score (nSPS) is 29.5. The monoisotopic (exact) mass is 334 g/mol. The Hall–Kier alpha value is -0.810. The van der Waals surface area contributed by atoms with Crippen LogP contribution in [-0.4, -0.2) is 75.3 Å². The standard InChI is InChI=1S/C19H34N4O/c1-20-19(21-12-18(16-2-3-16)17-4-5-17)23-7-6-15(14-23)13-22-8-10-24-11-9-22/h15-18H,2-14H2,1H3,(H,20,21)/t15-/m0/s1. The second-order valence-electron chi connectivity index (χ2n) is 8.28. The second-order valence-corrected chi connectivity index (χ2v) is 8.28. The molecular formula is C19H34N4O. The van der Waals surface area contributed by atoms with E-state index in [0.29, 0.717) is 0 Å². The van der Waals surface area contributed by atoms with Crippen molar-refractivity contribution < 1.29 is 4.74 Å². The van der Waals surface area contributed by atoms with Gasteiger partial charge >= 0.3 is 0 Å². The van der Waals surface area contributed by atoms with Gasteiger partial charge in [0.05, 0.1) is 13.2 Å². The lowest BCUT2D eigenvalue weighted by Gasteiger charge is -2.29. The number of guanidine groups is 1. The Morgan fingerprint density at radius 3 is 2.42 bits per heavy atom. The summed E-state index contributed by atoms with van der Waals surface area (Å²) in [4.78, 5) is 9.64. The number of ether oxygens (including phenoxy) is 1. The quantitative estimate of drug-likeness (QED) is 0.592. The molecule has 5 heteroatoms. The minimum absolute atomic E-state index is 0.782. The fraction of sp³-hybridized carbons (Fsp3) is 0.947. The highest BCUT2D eigenvalue weighted by atomic mass is 16.5. The van der Waals surface area contributed by atoms with Crippen LogP contribution in [0.15, 0.2) is 4.99 Å². The molecule has 2 saturated heterocycles. The van der Waals surface area contributed by atoms with Crippen LogP contribution in [0.5, 0.6) is 0 Å². The lowest BCUT2D eigenvalue weighted by atomic mass is 9.98. The number of hydrogen-bond acceptors (Lipinski definition) is 3. The van der Waals surface area contributed by atoms with E-state index in [1.54, 1.807) is 0 Å². The maximum atomic E-state index is 5.46. The molecule has 0 bridgehead atoms. The summed E-state index contributed by atoms with van der Waals surface area (Å²) in [5, 5.41) is 3.72. The van der Waals surface area contributed by atoms with Crippen molar-refractivity contribution in [3.05, 3.63) is 0 Å². The molecule has 136 valence electrons. The average molecular weight is 335 g/mol. The van der Waals surface area contributed by atoms with Gasteiger partial charge in [0.1, 0.15) is 0 Å². The first kappa shape index (κ1) is 16.6. The number of aliphatic imine (C=N–C) groups is 1. The van der Waals surface area contributed by atoms with Gasteiger partial charge in [0.15, 0.2) is 5.96 Å². The highest BCUT2D eigenvalue weighted by molar-refractivity contribution is 5.80. The van der Waals surface area contributed by atoms with E-state index in [1.165, 1.54) is 38.6 Å². The molecule has 24 heavy (non-hydrogen) atoms. The summed E-state index contributed by atoms with van der Waals surface area (Å²) >= 11 is 0. The van der Waals surface area contributed by atoms with Gasteiger partial charge in [-0.1, -0.05) is 0 Å². The molecule has 5 nitrogen and oxygen atoms in total. The number of nitrogens with one attached hydrogen (secondary N) is 1. The molecule has 0 unspecified atom stereocenters. The van der Waals surface area contributed by atoms with Crippen LogP contribution in [0.4, 0.5) is 0 Å². The van der Waals surface area contributed by atoms with Crippen LogP contribution in [0.2, 0.25) is 0 Å². The van der Waals surface area contributed by atoms with Gasteiger partial charge in [0.25, 0.3) is 0 Å². The number of rotatable bonds is 6. The van der Waals surface area contributed by atoms with Gasteiger partial charge < -0.3 is 15.0 Å². The average Bonchev–Trinajstić information content (AvgIpc) is 3.53. The molecule has 1 N–H and O–H groups in total. The molecule has 2 saturated carbocycles. The molecule has 4 aliphatic rings. The van der Waals surface area contributed by atoms with Crippen molar-refractivity contribution in [3.63, 3.8) is 0 Å². The summed E-state index contributed by atoms with van der Waals surface area (Å²) < 4.78 is 5.46. The SMILES string of the molecule is CN=C(NCC(C1CC1)C1CC1)N1CC[C@@H](CN2CCOCC2)C1. The second kappa shape index (κ2) is 7.61. The molecule has 4 fully saturated rings. The third-order valence-electron chi connectivity index (χ3n) is 6.37. The zero-order chi connectivity index (χ0) is 16.4. The molecule has 0 aromatic heterocycles. The van der Waals surface area contributed by atoms with Gasteiger partial charge in [-0.2, -0.15) is 0 Å². The Morgan fingerprint density at radius 1 is 1.08 bits per heavy atom. The highest BCUT2D eigenvalue weighted by Crippen LogP contribution is 2.48. The molecular weight excluding hydrogens is 300 g/mol. The lowest BCUT2D eigenvalue weighted by molar-refractivity contribution is 0.0315. The maximum Gasteiger partial charge on any atom is 0.193 e. The summed E-state index contributed by atoms with van der Waals surface area (Å²) in [5.41, 5.74) is 0. The van der Waals surface area contributed by atoms with Crippen molar-refractivity contribution in [1.29, 1.82) is 0 Å². The largest absolute Gasteiger partial charge is 0.379 e. The van der Waals surface area contributed by atoms with Crippen LogP contribution in [0.3, 0.4) is 0 Å². The van der Waals surface area contributed by atoms with E-state index in [2.05, 4.69) is 20.1 Å². The molecule has 0 aromatic carbocycles. The van der Waals surface area contributed by atoms with E-state index in [1.807, 2.05) is 7.05 Å². The van der Waals surface area contributed by atoms with Crippen molar-refractivity contribution >= 4 is 5.96 Å². The lowest BCUT2D eigenvalue weighted by Crippen LogP contribution is -2.44. The van der Waals surface area contributed by atoms with E-state index in [4.69, 9.17) is 4.74 Å². The minimum Gasteiger partial charge on any atom is -0.379 e. The van der Waals surface area contributed by atoms with Crippen molar-refractivity contribution in [2.24, 2.45) is 28.7 Å². The number of hydrogen-bond donors (Lipinski definition) is 1.